The summed E-state index contributed by atoms with van der Waals surface area (Å²) in [5.41, 5.74) is 11.4. The van der Waals surface area contributed by atoms with Crippen LogP contribution in [0.2, 0.25) is 4.34 Å². The maximum absolute atomic E-state index is 11.4. The number of nitrogens with two attached hydrogens (primary N) is 2. The van der Waals surface area contributed by atoms with Gasteiger partial charge in [-0.05, 0) is 18.6 Å². The van der Waals surface area contributed by atoms with Gasteiger partial charge in [-0.2, -0.15) is 5.26 Å². The lowest BCUT2D eigenvalue weighted by Gasteiger charge is -2.04. The number of hydrogen-bond acceptors (Lipinski definition) is 6. The second-order valence-corrected chi connectivity index (χ2v) is 6.73. The first-order valence-electron chi connectivity index (χ1n) is 5.63. The Labute approximate surface area is 128 Å². The number of nitrogen functional groups attached to an aromatic ring is 1. The summed E-state index contributed by atoms with van der Waals surface area (Å²) in [5.74, 6) is -0.637. The van der Waals surface area contributed by atoms with Gasteiger partial charge < -0.3 is 16.8 Å². The average Bonchev–Trinajstić information content (AvgIpc) is 2.93. The second-order valence-electron chi connectivity index (χ2n) is 3.91. The summed E-state index contributed by atoms with van der Waals surface area (Å²) in [7, 11) is 0. The molecule has 2 aromatic heterocycles. The number of nitrogens with one attached hydrogen (secondary N) is 1. The van der Waals surface area contributed by atoms with E-state index in [0.717, 1.165) is 27.0 Å². The zero-order chi connectivity index (χ0) is 14.7. The van der Waals surface area contributed by atoms with Crippen LogP contribution in [0.3, 0.4) is 0 Å². The van der Waals surface area contributed by atoms with Crippen LogP contribution in [-0.4, -0.2) is 12.5 Å². The van der Waals surface area contributed by atoms with Crippen LogP contribution in [0, 0.1) is 11.3 Å². The first kappa shape index (κ1) is 14.7. The number of carbonyl (C=O) groups excluding carboxylic acids is 1. The summed E-state index contributed by atoms with van der Waals surface area (Å²) < 4.78 is 0.741. The fourth-order valence-corrected chi connectivity index (χ4v) is 3.72. The number of thiophene rings is 2. The second kappa shape index (κ2) is 6.13. The third-order valence-electron chi connectivity index (χ3n) is 2.58. The van der Waals surface area contributed by atoms with E-state index in [1.807, 2.05) is 18.2 Å². The summed E-state index contributed by atoms with van der Waals surface area (Å²) in [6.07, 6.45) is 0.759. The summed E-state index contributed by atoms with van der Waals surface area (Å²) >= 11 is 8.49. The Morgan fingerprint density at radius 2 is 2.20 bits per heavy atom. The van der Waals surface area contributed by atoms with Crippen molar-refractivity contribution in [3.63, 3.8) is 0 Å². The van der Waals surface area contributed by atoms with Gasteiger partial charge in [0.25, 0.3) is 5.91 Å². The van der Waals surface area contributed by atoms with Crippen LogP contribution in [0.5, 0.6) is 0 Å². The summed E-state index contributed by atoms with van der Waals surface area (Å²) in [6.45, 7) is 0.599. The van der Waals surface area contributed by atoms with Crippen molar-refractivity contribution in [3.8, 4) is 6.07 Å². The molecule has 2 rings (SSSR count). The van der Waals surface area contributed by atoms with Crippen LogP contribution in [0.1, 0.15) is 20.1 Å². The minimum absolute atomic E-state index is 0.145. The highest BCUT2D eigenvalue weighted by molar-refractivity contribution is 7.17. The highest BCUT2D eigenvalue weighted by Gasteiger charge is 2.19. The van der Waals surface area contributed by atoms with Crippen molar-refractivity contribution in [3.05, 3.63) is 31.8 Å². The number of nitrogens with zero attached hydrogens (tertiary/aromatic N) is 1. The lowest BCUT2D eigenvalue weighted by Crippen LogP contribution is -2.15. The Morgan fingerprint density at radius 3 is 2.75 bits per heavy atom. The van der Waals surface area contributed by atoms with E-state index in [0.29, 0.717) is 16.4 Å². The highest BCUT2D eigenvalue weighted by Crippen LogP contribution is 2.34. The number of nitriles is 1. The van der Waals surface area contributed by atoms with Crippen molar-refractivity contribution in [1.82, 2.24) is 0 Å². The fourth-order valence-electron chi connectivity index (χ4n) is 1.68. The predicted octanol–water partition coefficient (Wildman–Crippen LogP) is 2.67. The van der Waals surface area contributed by atoms with E-state index in [1.54, 1.807) is 0 Å². The first-order chi connectivity index (χ1) is 9.52. The molecular formula is C12H11ClN4OS2. The Hall–Kier alpha value is -1.75. The summed E-state index contributed by atoms with van der Waals surface area (Å²) in [5, 5.41) is 12.6. The molecule has 0 aliphatic carbocycles. The third kappa shape index (κ3) is 3.04. The number of hydrogen-bond donors (Lipinski definition) is 3. The Kier molecular flexibility index (Phi) is 4.49. The molecular weight excluding hydrogens is 316 g/mol. The Morgan fingerprint density at radius 1 is 1.45 bits per heavy atom. The molecule has 104 valence electrons. The molecule has 20 heavy (non-hydrogen) atoms. The largest absolute Gasteiger partial charge is 0.396 e. The van der Waals surface area contributed by atoms with Gasteiger partial charge >= 0.3 is 0 Å². The van der Waals surface area contributed by atoms with Crippen molar-refractivity contribution in [2.45, 2.75) is 6.42 Å². The van der Waals surface area contributed by atoms with Gasteiger partial charge in [0.05, 0.1) is 15.6 Å². The lowest BCUT2D eigenvalue weighted by molar-refractivity contribution is 0.100. The van der Waals surface area contributed by atoms with Gasteiger partial charge in [-0.25, -0.2) is 0 Å². The molecule has 1 amide bonds. The standard InChI is InChI=1S/C12H11ClN4OS2/c13-8-2-1-6(19-8)3-4-17-12-9(11(16)18)10(15)7(5-14)20-12/h1-2,17H,3-4,15H2,(H2,16,18). The molecule has 0 saturated heterocycles. The molecule has 0 unspecified atom stereocenters. The third-order valence-corrected chi connectivity index (χ3v) is 4.94. The lowest BCUT2D eigenvalue weighted by atomic mass is 10.2. The van der Waals surface area contributed by atoms with Gasteiger partial charge in [0.1, 0.15) is 15.9 Å². The number of carbonyl (C=O) groups is 1. The van der Waals surface area contributed by atoms with E-state index >= 15 is 0 Å². The van der Waals surface area contributed by atoms with E-state index < -0.39 is 5.91 Å². The molecule has 0 bridgehead atoms. The minimum Gasteiger partial charge on any atom is -0.396 e. The molecule has 0 radical (unpaired) electrons. The van der Waals surface area contributed by atoms with E-state index in [9.17, 15) is 4.79 Å². The molecule has 0 aliphatic rings. The highest BCUT2D eigenvalue weighted by atomic mass is 35.5. The summed E-state index contributed by atoms with van der Waals surface area (Å²) in [4.78, 5) is 12.8. The van der Waals surface area contributed by atoms with E-state index in [2.05, 4.69) is 5.32 Å². The minimum atomic E-state index is -0.637. The number of anilines is 2. The average molecular weight is 327 g/mol. The molecule has 0 spiro atoms. The maximum Gasteiger partial charge on any atom is 0.253 e. The Bertz CT molecular complexity index is 686. The van der Waals surface area contributed by atoms with Crippen molar-refractivity contribution < 1.29 is 4.79 Å². The van der Waals surface area contributed by atoms with Crippen LogP contribution in [-0.2, 0) is 6.42 Å². The molecule has 0 atom stereocenters. The molecule has 0 aliphatic heterocycles. The zero-order valence-corrected chi connectivity index (χ0v) is 12.7. The van der Waals surface area contributed by atoms with Crippen LogP contribution < -0.4 is 16.8 Å². The topological polar surface area (TPSA) is 105 Å². The molecule has 5 nitrogen and oxygen atoms in total. The van der Waals surface area contributed by atoms with Crippen molar-refractivity contribution in [1.29, 1.82) is 5.26 Å². The van der Waals surface area contributed by atoms with Crippen LogP contribution in [0.25, 0.3) is 0 Å². The van der Waals surface area contributed by atoms with E-state index in [1.165, 1.54) is 11.3 Å². The molecule has 0 saturated carbocycles. The van der Waals surface area contributed by atoms with Gasteiger partial charge in [-0.15, -0.1) is 22.7 Å². The monoisotopic (exact) mass is 326 g/mol. The molecule has 0 fully saturated rings. The zero-order valence-electron chi connectivity index (χ0n) is 10.3. The van der Waals surface area contributed by atoms with Crippen LogP contribution >= 0.6 is 34.3 Å². The van der Waals surface area contributed by atoms with Crippen molar-refractivity contribution in [2.75, 3.05) is 17.6 Å². The smallest absolute Gasteiger partial charge is 0.253 e. The van der Waals surface area contributed by atoms with Crippen LogP contribution in [0.15, 0.2) is 12.1 Å². The summed E-state index contributed by atoms with van der Waals surface area (Å²) in [6, 6.07) is 5.74. The molecule has 2 heterocycles. The fraction of sp³-hybridized carbons (Fsp3) is 0.167. The quantitative estimate of drug-likeness (QED) is 0.785. The molecule has 0 aromatic carbocycles. The molecule has 8 heteroatoms. The van der Waals surface area contributed by atoms with E-state index in [-0.39, 0.29) is 11.3 Å². The SMILES string of the molecule is N#Cc1sc(NCCc2ccc(Cl)s2)c(C(N)=O)c1N. The first-order valence-corrected chi connectivity index (χ1v) is 7.64. The van der Waals surface area contributed by atoms with E-state index in [4.69, 9.17) is 28.3 Å². The van der Waals surface area contributed by atoms with Gasteiger partial charge in [-0.3, -0.25) is 4.79 Å². The predicted molar refractivity (Wildman–Crippen MR) is 83.5 cm³/mol. The van der Waals surface area contributed by atoms with Gasteiger partial charge in [0, 0.05) is 11.4 Å². The van der Waals surface area contributed by atoms with Gasteiger partial charge in [0.2, 0.25) is 0 Å². The van der Waals surface area contributed by atoms with Crippen molar-refractivity contribution >= 4 is 50.9 Å². The molecule has 5 N–H and O–H groups in total. The number of rotatable bonds is 5. The van der Waals surface area contributed by atoms with Crippen LogP contribution in [0.4, 0.5) is 10.7 Å². The van der Waals surface area contributed by atoms with Gasteiger partial charge in [-0.1, -0.05) is 11.6 Å². The number of primary amides is 1. The maximum atomic E-state index is 11.4. The van der Waals surface area contributed by atoms with Gasteiger partial charge in [0.15, 0.2) is 0 Å². The normalized spacial score (nSPS) is 10.2. The number of amides is 1. The number of halogens is 1. The Balaban J connectivity index is 2.09. The van der Waals surface area contributed by atoms with Crippen molar-refractivity contribution in [2.24, 2.45) is 5.73 Å². The molecule has 2 aromatic rings.